The van der Waals surface area contributed by atoms with E-state index >= 15 is 0 Å². The topological polar surface area (TPSA) is 70.9 Å². The zero-order chi connectivity index (χ0) is 18.8. The van der Waals surface area contributed by atoms with E-state index in [0.29, 0.717) is 5.82 Å². The van der Waals surface area contributed by atoms with E-state index in [1.165, 1.54) is 0 Å². The molecule has 1 aliphatic rings. The molecule has 0 amide bonds. The molecule has 0 spiro atoms. The van der Waals surface area contributed by atoms with Gasteiger partial charge in [-0.25, -0.2) is 19.9 Å². The summed E-state index contributed by atoms with van der Waals surface area (Å²) in [6.45, 7) is 3.41. The highest BCUT2D eigenvalue weighted by molar-refractivity contribution is 5.91. The van der Waals surface area contributed by atoms with Crippen molar-refractivity contribution >= 4 is 22.7 Å². The Balaban J connectivity index is 1.49. The maximum Gasteiger partial charge on any atom is 0.225 e. The predicted molar refractivity (Wildman–Crippen MR) is 109 cm³/mol. The SMILES string of the molecule is c1cnc(N2CCN(c3nc(-c4cccnc4)nc4ccccc34)CC2)nc1. The van der Waals surface area contributed by atoms with Crippen molar-refractivity contribution in [2.75, 3.05) is 36.0 Å². The van der Waals surface area contributed by atoms with Gasteiger partial charge < -0.3 is 9.80 Å². The van der Waals surface area contributed by atoms with E-state index in [1.54, 1.807) is 24.8 Å². The second-order valence-electron chi connectivity index (χ2n) is 6.65. The minimum atomic E-state index is 0.704. The lowest BCUT2D eigenvalue weighted by Crippen LogP contribution is -2.47. The van der Waals surface area contributed by atoms with Crippen LogP contribution in [0, 0.1) is 0 Å². The van der Waals surface area contributed by atoms with Gasteiger partial charge in [0.15, 0.2) is 5.82 Å². The lowest BCUT2D eigenvalue weighted by molar-refractivity contribution is 0.636. The molecule has 0 radical (unpaired) electrons. The van der Waals surface area contributed by atoms with Crippen molar-refractivity contribution in [2.24, 2.45) is 0 Å². The smallest absolute Gasteiger partial charge is 0.225 e. The molecule has 7 nitrogen and oxygen atoms in total. The standard InChI is InChI=1S/C21H19N7/c1-2-7-18-17(6-1)20(26-19(25-18)16-5-3-8-22-15-16)27-11-13-28(14-12-27)21-23-9-4-10-24-21/h1-10,15H,11-14H2. The summed E-state index contributed by atoms with van der Waals surface area (Å²) in [5.41, 5.74) is 1.87. The summed E-state index contributed by atoms with van der Waals surface area (Å²) in [5.74, 6) is 2.46. The Morgan fingerprint density at radius 3 is 2.29 bits per heavy atom. The van der Waals surface area contributed by atoms with E-state index in [9.17, 15) is 0 Å². The molecule has 0 atom stereocenters. The number of aromatic nitrogens is 5. The monoisotopic (exact) mass is 369 g/mol. The predicted octanol–water partition coefficient (Wildman–Crippen LogP) is 2.81. The number of para-hydroxylation sites is 1. The first kappa shape index (κ1) is 16.6. The number of benzene rings is 1. The molecule has 0 unspecified atom stereocenters. The van der Waals surface area contributed by atoms with Crippen molar-refractivity contribution in [3.05, 3.63) is 67.3 Å². The van der Waals surface area contributed by atoms with E-state index in [4.69, 9.17) is 9.97 Å². The van der Waals surface area contributed by atoms with E-state index < -0.39 is 0 Å². The van der Waals surface area contributed by atoms with Crippen molar-refractivity contribution in [3.63, 3.8) is 0 Å². The number of pyridine rings is 1. The molecule has 0 saturated carbocycles. The van der Waals surface area contributed by atoms with Gasteiger partial charge in [0.1, 0.15) is 5.82 Å². The second kappa shape index (κ2) is 7.19. The average Bonchev–Trinajstić information content (AvgIpc) is 2.80. The minimum absolute atomic E-state index is 0.704. The Hall–Kier alpha value is -3.61. The fraction of sp³-hybridized carbons (Fsp3) is 0.190. The Morgan fingerprint density at radius 1 is 0.714 bits per heavy atom. The third-order valence-electron chi connectivity index (χ3n) is 4.92. The number of hydrogen-bond acceptors (Lipinski definition) is 7. The van der Waals surface area contributed by atoms with Gasteiger partial charge in [-0.2, -0.15) is 0 Å². The van der Waals surface area contributed by atoms with Gasteiger partial charge >= 0.3 is 0 Å². The van der Waals surface area contributed by atoms with Gasteiger partial charge in [-0.3, -0.25) is 4.98 Å². The van der Waals surface area contributed by atoms with Gasteiger partial charge in [0.05, 0.1) is 5.52 Å². The maximum absolute atomic E-state index is 4.92. The summed E-state index contributed by atoms with van der Waals surface area (Å²) >= 11 is 0. The molecule has 7 heteroatoms. The first-order valence-corrected chi connectivity index (χ1v) is 9.32. The van der Waals surface area contributed by atoms with E-state index in [0.717, 1.165) is 54.4 Å². The van der Waals surface area contributed by atoms with Gasteiger partial charge in [-0.1, -0.05) is 12.1 Å². The van der Waals surface area contributed by atoms with Crippen LogP contribution in [0.4, 0.5) is 11.8 Å². The van der Waals surface area contributed by atoms with Gasteiger partial charge in [0.25, 0.3) is 0 Å². The maximum atomic E-state index is 4.92. The summed E-state index contributed by atoms with van der Waals surface area (Å²) in [7, 11) is 0. The quantitative estimate of drug-likeness (QED) is 0.550. The van der Waals surface area contributed by atoms with Gasteiger partial charge in [-0.05, 0) is 30.3 Å². The molecule has 1 aromatic carbocycles. The first-order chi connectivity index (χ1) is 13.9. The largest absolute Gasteiger partial charge is 0.352 e. The van der Waals surface area contributed by atoms with Gasteiger partial charge in [-0.15, -0.1) is 0 Å². The summed E-state index contributed by atoms with van der Waals surface area (Å²) in [4.78, 5) is 27.2. The lowest BCUT2D eigenvalue weighted by Gasteiger charge is -2.35. The molecule has 5 rings (SSSR count). The zero-order valence-corrected chi connectivity index (χ0v) is 15.3. The van der Waals surface area contributed by atoms with E-state index in [1.807, 2.05) is 36.4 Å². The molecule has 28 heavy (non-hydrogen) atoms. The number of anilines is 2. The molecule has 1 aliphatic heterocycles. The molecule has 4 heterocycles. The molecule has 1 saturated heterocycles. The molecule has 0 N–H and O–H groups in total. The number of piperazine rings is 1. The molecule has 0 aliphatic carbocycles. The van der Waals surface area contributed by atoms with Crippen LogP contribution in [0.2, 0.25) is 0 Å². The molecule has 138 valence electrons. The molecule has 3 aromatic heterocycles. The van der Waals surface area contributed by atoms with Crippen molar-refractivity contribution in [2.45, 2.75) is 0 Å². The van der Waals surface area contributed by atoms with Crippen LogP contribution in [0.3, 0.4) is 0 Å². The van der Waals surface area contributed by atoms with Crippen molar-refractivity contribution in [1.29, 1.82) is 0 Å². The van der Waals surface area contributed by atoms with Crippen LogP contribution in [0.25, 0.3) is 22.3 Å². The van der Waals surface area contributed by atoms with Crippen molar-refractivity contribution in [3.8, 4) is 11.4 Å². The highest BCUT2D eigenvalue weighted by Gasteiger charge is 2.22. The Labute approximate surface area is 162 Å². The van der Waals surface area contributed by atoms with Crippen LogP contribution in [-0.4, -0.2) is 51.1 Å². The third kappa shape index (κ3) is 3.11. The number of fused-ring (bicyclic) bond motifs is 1. The Bertz CT molecular complexity index is 1080. The van der Waals surface area contributed by atoms with Crippen LogP contribution >= 0.6 is 0 Å². The van der Waals surface area contributed by atoms with Crippen LogP contribution in [0.5, 0.6) is 0 Å². The highest BCUT2D eigenvalue weighted by atomic mass is 15.3. The number of hydrogen-bond donors (Lipinski definition) is 0. The summed E-state index contributed by atoms with van der Waals surface area (Å²) in [6, 6.07) is 13.9. The van der Waals surface area contributed by atoms with Gasteiger partial charge in [0, 0.05) is 61.9 Å². The number of rotatable bonds is 3. The summed E-state index contributed by atoms with van der Waals surface area (Å²) in [6.07, 6.45) is 7.13. The normalized spacial score (nSPS) is 14.4. The third-order valence-corrected chi connectivity index (χ3v) is 4.92. The van der Waals surface area contributed by atoms with Crippen molar-refractivity contribution in [1.82, 2.24) is 24.9 Å². The fourth-order valence-electron chi connectivity index (χ4n) is 3.50. The van der Waals surface area contributed by atoms with Gasteiger partial charge in [0.2, 0.25) is 5.95 Å². The van der Waals surface area contributed by atoms with Crippen molar-refractivity contribution < 1.29 is 0 Å². The van der Waals surface area contributed by atoms with E-state index in [2.05, 4.69) is 30.8 Å². The summed E-state index contributed by atoms with van der Waals surface area (Å²) < 4.78 is 0. The molecular weight excluding hydrogens is 350 g/mol. The fourth-order valence-corrected chi connectivity index (χ4v) is 3.50. The molecular formula is C21H19N7. The average molecular weight is 369 g/mol. The van der Waals surface area contributed by atoms with Crippen LogP contribution in [0.15, 0.2) is 67.3 Å². The zero-order valence-electron chi connectivity index (χ0n) is 15.3. The minimum Gasteiger partial charge on any atom is -0.352 e. The second-order valence-corrected chi connectivity index (χ2v) is 6.65. The molecule has 1 fully saturated rings. The summed E-state index contributed by atoms with van der Waals surface area (Å²) in [5, 5.41) is 1.07. The Kier molecular flexibility index (Phi) is 4.25. The molecule has 0 bridgehead atoms. The first-order valence-electron chi connectivity index (χ1n) is 9.32. The lowest BCUT2D eigenvalue weighted by atomic mass is 10.2. The highest BCUT2D eigenvalue weighted by Crippen LogP contribution is 2.28. The number of nitrogens with zero attached hydrogens (tertiary/aromatic N) is 7. The Morgan fingerprint density at radius 2 is 1.50 bits per heavy atom. The van der Waals surface area contributed by atoms with Crippen LogP contribution in [-0.2, 0) is 0 Å². The van der Waals surface area contributed by atoms with Crippen LogP contribution in [0.1, 0.15) is 0 Å². The molecule has 4 aromatic rings. The van der Waals surface area contributed by atoms with Crippen LogP contribution < -0.4 is 9.80 Å². The van der Waals surface area contributed by atoms with E-state index in [-0.39, 0.29) is 0 Å².